The highest BCUT2D eigenvalue weighted by Crippen LogP contribution is 1.91. The number of hydrazine groups is 1. The second-order valence-electron chi connectivity index (χ2n) is 1.49. The Labute approximate surface area is 48.9 Å². The molecule has 1 N–H and O–H groups in total. The van der Waals surface area contributed by atoms with Crippen molar-refractivity contribution in [1.82, 2.24) is 10.6 Å². The molecule has 0 aromatic carbocycles. The van der Waals surface area contributed by atoms with E-state index in [0.29, 0.717) is 6.61 Å². The van der Waals surface area contributed by atoms with Crippen LogP contribution in [0.2, 0.25) is 0 Å². The summed E-state index contributed by atoms with van der Waals surface area (Å²) >= 11 is 0. The lowest BCUT2D eigenvalue weighted by atomic mass is 10.7. The van der Waals surface area contributed by atoms with Crippen LogP contribution in [0.5, 0.6) is 0 Å². The normalized spacial score (nSPS) is 17.9. The van der Waals surface area contributed by atoms with Crippen LogP contribution in [0.3, 0.4) is 0 Å². The first-order valence-electron chi connectivity index (χ1n) is 2.76. The van der Waals surface area contributed by atoms with Crippen molar-refractivity contribution in [3.8, 4) is 0 Å². The maximum atomic E-state index is 5.04. The zero-order valence-electron chi connectivity index (χ0n) is 4.92. The summed E-state index contributed by atoms with van der Waals surface area (Å²) in [4.78, 5) is 5.04. The number of hydrogen-bond donors (Lipinski definition) is 1. The van der Waals surface area contributed by atoms with Gasteiger partial charge >= 0.3 is 0 Å². The SMILES string of the molecule is CCON1C=CCN1. The number of hydrogen-bond acceptors (Lipinski definition) is 3. The van der Waals surface area contributed by atoms with Crippen LogP contribution in [0, 0.1) is 0 Å². The van der Waals surface area contributed by atoms with Gasteiger partial charge in [0.2, 0.25) is 0 Å². The van der Waals surface area contributed by atoms with Gasteiger partial charge in [-0.3, -0.25) is 4.84 Å². The predicted octanol–water partition coefficient (Wildman–Crippen LogP) is 0.272. The van der Waals surface area contributed by atoms with Crippen molar-refractivity contribution >= 4 is 0 Å². The Kier molecular flexibility index (Phi) is 1.88. The first kappa shape index (κ1) is 5.59. The predicted molar refractivity (Wildman–Crippen MR) is 30.6 cm³/mol. The van der Waals surface area contributed by atoms with Gasteiger partial charge in [-0.25, -0.2) is 5.43 Å². The molecule has 0 radical (unpaired) electrons. The molecule has 0 aromatic heterocycles. The molecule has 0 aromatic rings. The molecule has 8 heavy (non-hydrogen) atoms. The molecule has 46 valence electrons. The minimum absolute atomic E-state index is 0.706. The highest BCUT2D eigenvalue weighted by molar-refractivity contribution is 4.85. The third kappa shape index (κ3) is 1.21. The lowest BCUT2D eigenvalue weighted by Crippen LogP contribution is -2.28. The summed E-state index contributed by atoms with van der Waals surface area (Å²) in [7, 11) is 0. The van der Waals surface area contributed by atoms with Crippen LogP contribution in [0.15, 0.2) is 12.3 Å². The van der Waals surface area contributed by atoms with Gasteiger partial charge in [0.1, 0.15) is 0 Å². The van der Waals surface area contributed by atoms with Gasteiger partial charge in [0, 0.05) is 12.7 Å². The highest BCUT2D eigenvalue weighted by atomic mass is 16.7. The summed E-state index contributed by atoms with van der Waals surface area (Å²) in [6.45, 7) is 3.53. The van der Waals surface area contributed by atoms with Gasteiger partial charge in [-0.1, -0.05) is 0 Å². The largest absolute Gasteiger partial charge is 0.259 e. The fraction of sp³-hybridized carbons (Fsp3) is 0.600. The molecule has 3 heteroatoms. The maximum Gasteiger partial charge on any atom is 0.0737 e. The molecule has 0 fully saturated rings. The second kappa shape index (κ2) is 2.69. The summed E-state index contributed by atoms with van der Waals surface area (Å²) in [6, 6.07) is 0. The fourth-order valence-corrected chi connectivity index (χ4v) is 0.572. The van der Waals surface area contributed by atoms with Crippen molar-refractivity contribution < 1.29 is 4.84 Å². The van der Waals surface area contributed by atoms with Crippen LogP contribution in [0.4, 0.5) is 0 Å². The van der Waals surface area contributed by atoms with Crippen LogP contribution in [-0.2, 0) is 4.84 Å². The maximum absolute atomic E-state index is 5.04. The van der Waals surface area contributed by atoms with Crippen molar-refractivity contribution in [1.29, 1.82) is 0 Å². The van der Waals surface area contributed by atoms with Gasteiger partial charge in [0.25, 0.3) is 0 Å². The van der Waals surface area contributed by atoms with Gasteiger partial charge in [0.05, 0.1) is 6.61 Å². The van der Waals surface area contributed by atoms with Gasteiger partial charge in [-0.05, 0) is 13.0 Å². The molecular weight excluding hydrogens is 104 g/mol. The number of hydroxylamine groups is 1. The molecule has 0 bridgehead atoms. The van der Waals surface area contributed by atoms with E-state index >= 15 is 0 Å². The molecule has 0 unspecified atom stereocenters. The summed E-state index contributed by atoms with van der Waals surface area (Å²) < 4.78 is 0. The van der Waals surface area contributed by atoms with Crippen LogP contribution in [-0.4, -0.2) is 18.3 Å². The summed E-state index contributed by atoms with van der Waals surface area (Å²) in [6.07, 6.45) is 3.86. The standard InChI is InChI=1S/C5H10N2O/c1-2-8-7-5-3-4-6-7/h3,5-6H,2,4H2,1H3. The van der Waals surface area contributed by atoms with Crippen molar-refractivity contribution in [2.45, 2.75) is 6.92 Å². The van der Waals surface area contributed by atoms with Gasteiger partial charge < -0.3 is 0 Å². The minimum atomic E-state index is 0.706. The molecule has 1 heterocycles. The summed E-state index contributed by atoms with van der Waals surface area (Å²) in [5, 5.41) is 1.61. The molecule has 0 aliphatic carbocycles. The van der Waals surface area contributed by atoms with Crippen LogP contribution in [0.25, 0.3) is 0 Å². The van der Waals surface area contributed by atoms with E-state index in [1.165, 1.54) is 0 Å². The highest BCUT2D eigenvalue weighted by Gasteiger charge is 1.99. The van der Waals surface area contributed by atoms with E-state index in [1.54, 1.807) is 5.17 Å². The molecular formula is C5H10N2O. The quantitative estimate of drug-likeness (QED) is 0.557. The molecule has 0 saturated carbocycles. The van der Waals surface area contributed by atoms with E-state index in [1.807, 2.05) is 19.2 Å². The van der Waals surface area contributed by atoms with Gasteiger partial charge in [-0.15, -0.1) is 0 Å². The molecule has 1 aliphatic rings. The Morgan fingerprint density at radius 2 is 2.75 bits per heavy atom. The van der Waals surface area contributed by atoms with E-state index in [4.69, 9.17) is 4.84 Å². The lowest BCUT2D eigenvalue weighted by molar-refractivity contribution is -0.143. The molecule has 0 atom stereocenters. The van der Waals surface area contributed by atoms with Crippen molar-refractivity contribution in [2.75, 3.05) is 13.2 Å². The zero-order valence-corrected chi connectivity index (χ0v) is 4.92. The Bertz CT molecular complexity index is 92.4. The van der Waals surface area contributed by atoms with E-state index in [2.05, 4.69) is 5.43 Å². The Morgan fingerprint density at radius 1 is 1.88 bits per heavy atom. The fourth-order valence-electron chi connectivity index (χ4n) is 0.572. The number of nitrogens with one attached hydrogen (secondary N) is 1. The average molecular weight is 114 g/mol. The first-order valence-corrected chi connectivity index (χ1v) is 2.76. The molecule has 1 rings (SSSR count). The third-order valence-corrected chi connectivity index (χ3v) is 0.874. The Balaban J connectivity index is 2.16. The Morgan fingerprint density at radius 3 is 3.25 bits per heavy atom. The van der Waals surface area contributed by atoms with Crippen LogP contribution >= 0.6 is 0 Å². The monoisotopic (exact) mass is 114 g/mol. The average Bonchev–Trinajstić information content (AvgIpc) is 2.19. The van der Waals surface area contributed by atoms with Crippen LogP contribution < -0.4 is 5.43 Å². The number of rotatable bonds is 2. The first-order chi connectivity index (χ1) is 3.93. The van der Waals surface area contributed by atoms with Gasteiger partial charge in [0.15, 0.2) is 0 Å². The van der Waals surface area contributed by atoms with Crippen molar-refractivity contribution in [3.63, 3.8) is 0 Å². The van der Waals surface area contributed by atoms with Crippen LogP contribution in [0.1, 0.15) is 6.92 Å². The molecule has 3 nitrogen and oxygen atoms in total. The van der Waals surface area contributed by atoms with Crippen molar-refractivity contribution in [2.24, 2.45) is 0 Å². The van der Waals surface area contributed by atoms with E-state index in [-0.39, 0.29) is 0 Å². The summed E-state index contributed by atoms with van der Waals surface area (Å²) in [5.74, 6) is 0. The molecule has 1 aliphatic heterocycles. The smallest absolute Gasteiger partial charge is 0.0737 e. The van der Waals surface area contributed by atoms with E-state index in [0.717, 1.165) is 6.54 Å². The lowest BCUT2D eigenvalue weighted by Gasteiger charge is -2.12. The van der Waals surface area contributed by atoms with Crippen molar-refractivity contribution in [3.05, 3.63) is 12.3 Å². The minimum Gasteiger partial charge on any atom is -0.259 e. The Hall–Kier alpha value is -0.540. The summed E-state index contributed by atoms with van der Waals surface area (Å²) in [5.41, 5.74) is 2.96. The second-order valence-corrected chi connectivity index (χ2v) is 1.49. The van der Waals surface area contributed by atoms with Gasteiger partial charge in [-0.2, -0.15) is 5.17 Å². The van der Waals surface area contributed by atoms with E-state index in [9.17, 15) is 0 Å². The zero-order chi connectivity index (χ0) is 5.82. The number of nitrogens with zero attached hydrogens (tertiary/aromatic N) is 1. The third-order valence-electron chi connectivity index (χ3n) is 0.874. The molecule has 0 saturated heterocycles. The van der Waals surface area contributed by atoms with E-state index < -0.39 is 0 Å². The topological polar surface area (TPSA) is 24.5 Å². The molecule has 0 amide bonds. The molecule has 0 spiro atoms.